The Morgan fingerprint density at radius 1 is 1.00 bits per heavy atom. The molecule has 2 aromatic carbocycles. The molecule has 0 unspecified atom stereocenters. The molecule has 3 aromatic rings. The van der Waals surface area contributed by atoms with Crippen LogP contribution in [0.1, 0.15) is 22.2 Å². The molecule has 7 heteroatoms. The van der Waals surface area contributed by atoms with Crippen LogP contribution in [-0.2, 0) is 14.3 Å². The Morgan fingerprint density at radius 2 is 1.69 bits per heavy atom. The number of H-pyrrole nitrogens is 1. The van der Waals surface area contributed by atoms with Crippen LogP contribution in [0.5, 0.6) is 0 Å². The molecule has 0 saturated carbocycles. The lowest BCUT2D eigenvalue weighted by Crippen LogP contribution is -2.44. The Bertz CT molecular complexity index is 1090. The van der Waals surface area contributed by atoms with Crippen LogP contribution in [0.2, 0.25) is 0 Å². The summed E-state index contributed by atoms with van der Waals surface area (Å²) in [5.74, 6) is -1.07. The van der Waals surface area contributed by atoms with E-state index in [1.54, 1.807) is 59.5 Å². The summed E-state index contributed by atoms with van der Waals surface area (Å²) in [6.45, 7) is 1.76. The monoisotopic (exact) mass is 392 g/mol. The van der Waals surface area contributed by atoms with E-state index in [2.05, 4.69) is 4.98 Å². The molecule has 1 atom stereocenters. The van der Waals surface area contributed by atoms with Crippen molar-refractivity contribution in [3.8, 4) is 0 Å². The lowest BCUT2D eigenvalue weighted by molar-refractivity contribution is -0.145. The van der Waals surface area contributed by atoms with Gasteiger partial charge in [-0.25, -0.2) is 4.79 Å². The number of carbonyl (C=O) groups excluding carboxylic acids is 2. The third-order valence-corrected chi connectivity index (χ3v) is 4.85. The van der Waals surface area contributed by atoms with Crippen molar-refractivity contribution in [3.63, 3.8) is 0 Å². The van der Waals surface area contributed by atoms with Crippen LogP contribution in [0.4, 0.5) is 0 Å². The number of rotatable bonds is 4. The van der Waals surface area contributed by atoms with Crippen LogP contribution in [0.3, 0.4) is 0 Å². The van der Waals surface area contributed by atoms with Crippen molar-refractivity contribution in [2.45, 2.75) is 6.10 Å². The maximum atomic E-state index is 13.1. The summed E-state index contributed by atoms with van der Waals surface area (Å²) in [4.78, 5) is 42.4. The van der Waals surface area contributed by atoms with Gasteiger partial charge in [-0.15, -0.1) is 0 Å². The fraction of sp³-hybridized carbons (Fsp3) is 0.227. The summed E-state index contributed by atoms with van der Waals surface area (Å²) in [6.07, 6.45) is -1.10. The van der Waals surface area contributed by atoms with Gasteiger partial charge in [-0.3, -0.25) is 9.59 Å². The van der Waals surface area contributed by atoms with Crippen molar-refractivity contribution in [1.82, 2.24) is 9.88 Å². The van der Waals surface area contributed by atoms with Crippen LogP contribution >= 0.6 is 0 Å². The molecular weight excluding hydrogens is 372 g/mol. The minimum Gasteiger partial charge on any atom is -0.443 e. The number of hydrogen-bond donors (Lipinski definition) is 1. The zero-order chi connectivity index (χ0) is 20.2. The van der Waals surface area contributed by atoms with E-state index in [-0.39, 0.29) is 17.2 Å². The second-order valence-corrected chi connectivity index (χ2v) is 6.73. The van der Waals surface area contributed by atoms with Crippen molar-refractivity contribution in [2.75, 3.05) is 26.3 Å². The summed E-state index contributed by atoms with van der Waals surface area (Å²) in [7, 11) is 0. The van der Waals surface area contributed by atoms with Crippen molar-refractivity contribution >= 4 is 22.6 Å². The minimum absolute atomic E-state index is 0.00408. The molecule has 0 bridgehead atoms. The van der Waals surface area contributed by atoms with Crippen molar-refractivity contribution in [1.29, 1.82) is 0 Å². The Balaban J connectivity index is 1.64. The average Bonchev–Trinajstić information content (AvgIpc) is 2.78. The molecule has 2 heterocycles. The maximum Gasteiger partial charge on any atom is 0.355 e. The van der Waals surface area contributed by atoms with Gasteiger partial charge in [0.05, 0.1) is 13.2 Å². The van der Waals surface area contributed by atoms with E-state index in [1.165, 1.54) is 0 Å². The van der Waals surface area contributed by atoms with Gasteiger partial charge in [-0.2, -0.15) is 0 Å². The number of nitrogens with zero attached hydrogens (tertiary/aromatic N) is 1. The quantitative estimate of drug-likeness (QED) is 0.688. The molecular formula is C22H20N2O5. The van der Waals surface area contributed by atoms with Gasteiger partial charge in [0, 0.05) is 24.0 Å². The molecule has 7 nitrogen and oxygen atoms in total. The number of amides is 1. The van der Waals surface area contributed by atoms with E-state index >= 15 is 0 Å². The lowest BCUT2D eigenvalue weighted by atomic mass is 10.1. The van der Waals surface area contributed by atoms with E-state index in [9.17, 15) is 14.4 Å². The molecule has 1 fully saturated rings. The highest BCUT2D eigenvalue weighted by Crippen LogP contribution is 2.23. The molecule has 1 saturated heterocycles. The van der Waals surface area contributed by atoms with E-state index in [0.717, 1.165) is 0 Å². The van der Waals surface area contributed by atoms with Gasteiger partial charge in [-0.1, -0.05) is 48.5 Å². The molecule has 4 rings (SSSR count). The highest BCUT2D eigenvalue weighted by molar-refractivity contribution is 5.95. The number of pyridine rings is 1. The van der Waals surface area contributed by atoms with Gasteiger partial charge in [0.2, 0.25) is 6.10 Å². The lowest BCUT2D eigenvalue weighted by Gasteiger charge is -2.30. The van der Waals surface area contributed by atoms with E-state index in [1.807, 2.05) is 6.07 Å². The average molecular weight is 392 g/mol. The van der Waals surface area contributed by atoms with E-state index in [4.69, 9.17) is 9.47 Å². The normalized spacial score (nSPS) is 15.1. The number of ether oxygens (including phenoxy) is 2. The zero-order valence-electron chi connectivity index (χ0n) is 15.7. The molecule has 1 aromatic heterocycles. The first-order valence-electron chi connectivity index (χ1n) is 9.38. The molecule has 29 heavy (non-hydrogen) atoms. The molecule has 0 radical (unpaired) electrons. The second kappa shape index (κ2) is 8.28. The van der Waals surface area contributed by atoms with Crippen LogP contribution in [0.15, 0.2) is 65.5 Å². The van der Waals surface area contributed by atoms with Gasteiger partial charge in [-0.05, 0) is 17.5 Å². The zero-order valence-corrected chi connectivity index (χ0v) is 15.7. The minimum atomic E-state index is -1.10. The number of carbonyl (C=O) groups is 2. The van der Waals surface area contributed by atoms with Crippen LogP contribution in [-0.4, -0.2) is 48.1 Å². The maximum absolute atomic E-state index is 13.1. The molecule has 1 aliphatic rings. The number of hydrogen-bond acceptors (Lipinski definition) is 5. The topological polar surface area (TPSA) is 88.7 Å². The van der Waals surface area contributed by atoms with Crippen molar-refractivity contribution in [3.05, 3.63) is 82.3 Å². The fourth-order valence-electron chi connectivity index (χ4n) is 3.33. The Hall–Kier alpha value is -3.45. The summed E-state index contributed by atoms with van der Waals surface area (Å²) in [5, 5.41) is 1.10. The van der Waals surface area contributed by atoms with Crippen LogP contribution < -0.4 is 5.56 Å². The predicted molar refractivity (Wildman–Crippen MR) is 107 cm³/mol. The first-order valence-corrected chi connectivity index (χ1v) is 9.38. The SMILES string of the molecule is O=C(O[C@@H](C(=O)N1CCOCC1)c1ccccc1)c1cc2ccccc2c(=O)[nH]1. The number of nitrogens with one attached hydrogen (secondary N) is 1. The summed E-state index contributed by atoms with van der Waals surface area (Å²) in [5.41, 5.74) is 0.190. The highest BCUT2D eigenvalue weighted by Gasteiger charge is 2.31. The number of aromatic amines is 1. The number of morpholine rings is 1. The number of benzene rings is 2. The number of esters is 1. The Labute approximate surface area is 166 Å². The third kappa shape index (κ3) is 4.05. The van der Waals surface area contributed by atoms with E-state index in [0.29, 0.717) is 42.6 Å². The fourth-order valence-corrected chi connectivity index (χ4v) is 3.33. The molecule has 1 aliphatic heterocycles. The Morgan fingerprint density at radius 3 is 2.45 bits per heavy atom. The molecule has 1 N–H and O–H groups in total. The smallest absolute Gasteiger partial charge is 0.355 e. The van der Waals surface area contributed by atoms with Gasteiger partial charge in [0.15, 0.2) is 0 Å². The standard InChI is InChI=1S/C22H20N2O5/c25-20-17-9-5-4-8-16(17)14-18(23-20)22(27)29-19(15-6-2-1-3-7-15)21(26)24-10-12-28-13-11-24/h1-9,14,19H,10-13H2,(H,23,25)/t19-/m1/s1. The van der Waals surface area contributed by atoms with Gasteiger partial charge in [0.1, 0.15) is 5.69 Å². The molecule has 1 amide bonds. The van der Waals surface area contributed by atoms with Gasteiger partial charge >= 0.3 is 5.97 Å². The highest BCUT2D eigenvalue weighted by atomic mass is 16.5. The molecule has 0 spiro atoms. The Kier molecular flexibility index (Phi) is 5.39. The summed E-state index contributed by atoms with van der Waals surface area (Å²) < 4.78 is 10.9. The van der Waals surface area contributed by atoms with Crippen LogP contribution in [0.25, 0.3) is 10.8 Å². The number of aromatic nitrogens is 1. The summed E-state index contributed by atoms with van der Waals surface area (Å²) in [6, 6.07) is 17.4. The first kappa shape index (κ1) is 18.9. The van der Waals surface area contributed by atoms with E-state index < -0.39 is 12.1 Å². The molecule has 148 valence electrons. The number of fused-ring (bicyclic) bond motifs is 1. The predicted octanol–water partition coefficient (Wildman–Crippen LogP) is 2.28. The third-order valence-electron chi connectivity index (χ3n) is 4.85. The van der Waals surface area contributed by atoms with Crippen LogP contribution in [0, 0.1) is 0 Å². The van der Waals surface area contributed by atoms with Crippen molar-refractivity contribution < 1.29 is 19.1 Å². The molecule has 0 aliphatic carbocycles. The second-order valence-electron chi connectivity index (χ2n) is 6.73. The van der Waals surface area contributed by atoms with Gasteiger partial charge < -0.3 is 19.4 Å². The van der Waals surface area contributed by atoms with Gasteiger partial charge in [0.25, 0.3) is 11.5 Å². The first-order chi connectivity index (χ1) is 14.1. The summed E-state index contributed by atoms with van der Waals surface area (Å²) >= 11 is 0. The largest absolute Gasteiger partial charge is 0.443 e. The van der Waals surface area contributed by atoms with Crippen molar-refractivity contribution in [2.24, 2.45) is 0 Å².